The molecule has 0 saturated heterocycles. The Balaban J connectivity index is 4.40. The van der Waals surface area contributed by atoms with Crippen molar-refractivity contribution in [3.63, 3.8) is 0 Å². The van der Waals surface area contributed by atoms with Gasteiger partial charge in [-0.3, -0.25) is 14.4 Å². The Morgan fingerprint density at radius 2 is 0.566 bits per heavy atom. The summed E-state index contributed by atoms with van der Waals surface area (Å²) < 4.78 is 16.8. The number of esters is 3. The molecule has 0 rings (SSSR count). The molecule has 0 aliphatic rings. The molecule has 0 saturated carbocycles. The molecule has 0 heterocycles. The predicted octanol–water partition coefficient (Wildman–Crippen LogP) is 22.0. The minimum Gasteiger partial charge on any atom is -0.462 e. The zero-order valence-electron chi connectivity index (χ0n) is 50.0. The lowest BCUT2D eigenvalue weighted by Crippen LogP contribution is -2.30. The first kappa shape index (κ1) is 72.3. The van der Waals surface area contributed by atoms with E-state index in [-0.39, 0.29) is 31.6 Å². The number of unbranched alkanes of at least 4 members (excludes halogenated alkanes) is 32. The second-order valence-electron chi connectivity index (χ2n) is 21.3. The predicted molar refractivity (Wildman–Crippen MR) is 330 cm³/mol. The van der Waals surface area contributed by atoms with Crippen molar-refractivity contribution in [1.29, 1.82) is 0 Å². The number of ether oxygens (including phenoxy) is 3. The van der Waals surface area contributed by atoms with E-state index in [1.54, 1.807) is 6.08 Å². The minimum atomic E-state index is -0.825. The average molecular weight is 1060 g/mol. The van der Waals surface area contributed by atoms with E-state index in [1.807, 2.05) is 6.08 Å². The van der Waals surface area contributed by atoms with Crippen molar-refractivity contribution in [2.24, 2.45) is 0 Å². The Bertz CT molecular complexity index is 1490. The molecule has 0 aromatic rings. The standard InChI is InChI=1S/C70H120O6/c1-4-7-10-13-16-19-22-25-28-30-32-33-34-35-36-38-39-42-45-48-51-54-57-60-63-69(72)75-66-67(65-74-68(71)62-59-56-53-50-47-44-41-27-24-21-18-15-12-9-6-3)76-70(73)64-61-58-55-52-49-46-43-40-37-31-29-26-23-20-17-14-11-8-5-2/h9,12,17-18,20-21,26-27,29,37,40-41,47,50,56,59,67H,4-8,10-11,13-16,19,22-25,28,30-36,38-39,42-46,48-49,51-55,57-58,60-66H2,1-3H3/b12-9-,20-17-,21-18-,29-26-,40-37-,41-27-,50-47-,59-56-. The molecule has 0 aliphatic heterocycles. The summed E-state index contributed by atoms with van der Waals surface area (Å²) in [6.07, 6.45) is 85.9. The van der Waals surface area contributed by atoms with Crippen molar-refractivity contribution in [2.45, 2.75) is 316 Å². The van der Waals surface area contributed by atoms with Crippen LogP contribution < -0.4 is 0 Å². The van der Waals surface area contributed by atoms with E-state index < -0.39 is 12.1 Å². The molecule has 0 radical (unpaired) electrons. The van der Waals surface area contributed by atoms with E-state index >= 15 is 0 Å². The van der Waals surface area contributed by atoms with Crippen LogP contribution in [0.4, 0.5) is 0 Å². The van der Waals surface area contributed by atoms with Gasteiger partial charge in [-0.2, -0.15) is 0 Å². The Morgan fingerprint density at radius 1 is 0.289 bits per heavy atom. The van der Waals surface area contributed by atoms with Gasteiger partial charge in [-0.1, -0.05) is 304 Å². The summed E-state index contributed by atoms with van der Waals surface area (Å²) >= 11 is 0. The lowest BCUT2D eigenvalue weighted by molar-refractivity contribution is -0.166. The molecule has 0 bridgehead atoms. The van der Waals surface area contributed by atoms with Crippen LogP contribution in [0.3, 0.4) is 0 Å². The summed E-state index contributed by atoms with van der Waals surface area (Å²) in [6.45, 7) is 6.43. The van der Waals surface area contributed by atoms with Gasteiger partial charge in [-0.25, -0.2) is 0 Å². The largest absolute Gasteiger partial charge is 0.462 e. The topological polar surface area (TPSA) is 78.9 Å². The average Bonchev–Trinajstić information content (AvgIpc) is 3.42. The highest BCUT2D eigenvalue weighted by atomic mass is 16.6. The molecule has 1 unspecified atom stereocenters. The fourth-order valence-corrected chi connectivity index (χ4v) is 9.05. The van der Waals surface area contributed by atoms with E-state index in [1.165, 1.54) is 173 Å². The second kappa shape index (κ2) is 63.9. The van der Waals surface area contributed by atoms with Crippen molar-refractivity contribution in [2.75, 3.05) is 13.2 Å². The molecular formula is C70H120O6. The highest BCUT2D eigenvalue weighted by molar-refractivity contribution is 5.72. The molecule has 436 valence electrons. The molecule has 0 aliphatic carbocycles. The number of allylic oxidation sites excluding steroid dienone is 15. The smallest absolute Gasteiger partial charge is 0.309 e. The maximum Gasteiger partial charge on any atom is 0.309 e. The maximum atomic E-state index is 12.9. The van der Waals surface area contributed by atoms with Crippen LogP contribution in [0.15, 0.2) is 97.2 Å². The highest BCUT2D eigenvalue weighted by Gasteiger charge is 2.19. The summed E-state index contributed by atoms with van der Waals surface area (Å²) in [4.78, 5) is 38.2. The normalized spacial score (nSPS) is 12.7. The van der Waals surface area contributed by atoms with Crippen LogP contribution in [0.1, 0.15) is 310 Å². The molecule has 0 aromatic carbocycles. The minimum absolute atomic E-state index is 0.111. The van der Waals surface area contributed by atoms with Crippen LogP contribution in [0.5, 0.6) is 0 Å². The van der Waals surface area contributed by atoms with Gasteiger partial charge < -0.3 is 14.2 Å². The van der Waals surface area contributed by atoms with Gasteiger partial charge in [0.05, 0.1) is 6.42 Å². The third-order valence-electron chi connectivity index (χ3n) is 13.9. The number of rotatable bonds is 58. The monoisotopic (exact) mass is 1060 g/mol. The summed E-state index contributed by atoms with van der Waals surface area (Å²) in [5.41, 5.74) is 0. The molecule has 0 spiro atoms. The van der Waals surface area contributed by atoms with Crippen LogP contribution in [0, 0.1) is 0 Å². The first-order valence-electron chi connectivity index (χ1n) is 32.2. The molecule has 0 fully saturated rings. The maximum absolute atomic E-state index is 12.9. The van der Waals surface area contributed by atoms with E-state index in [2.05, 4.69) is 106 Å². The molecule has 0 aromatic heterocycles. The van der Waals surface area contributed by atoms with Crippen molar-refractivity contribution in [3.05, 3.63) is 97.2 Å². The Hall–Kier alpha value is -3.67. The SMILES string of the molecule is CC/C=C\C/C=C\C/C=C\C/C=C\C/C=C\CC(=O)OCC(COC(=O)CCCCCCCCCCCCCCCCCCCCCCCCCC)OC(=O)CCCCCCCC/C=C\C/C=C\C/C=C\CCCCC. The Labute approximate surface area is 470 Å². The Morgan fingerprint density at radius 3 is 0.947 bits per heavy atom. The molecule has 6 nitrogen and oxygen atoms in total. The second-order valence-corrected chi connectivity index (χ2v) is 21.3. The fourth-order valence-electron chi connectivity index (χ4n) is 9.05. The highest BCUT2D eigenvalue weighted by Crippen LogP contribution is 2.17. The zero-order chi connectivity index (χ0) is 55.0. The fraction of sp³-hybridized carbons (Fsp3) is 0.729. The first-order valence-corrected chi connectivity index (χ1v) is 32.2. The van der Waals surface area contributed by atoms with Crippen molar-refractivity contribution >= 4 is 17.9 Å². The van der Waals surface area contributed by atoms with Crippen LogP contribution in [-0.2, 0) is 28.6 Å². The van der Waals surface area contributed by atoms with Gasteiger partial charge >= 0.3 is 17.9 Å². The van der Waals surface area contributed by atoms with Gasteiger partial charge in [-0.05, 0) is 83.5 Å². The summed E-state index contributed by atoms with van der Waals surface area (Å²) in [5, 5.41) is 0. The van der Waals surface area contributed by atoms with Gasteiger partial charge in [0, 0.05) is 12.8 Å². The summed E-state index contributed by atoms with van der Waals surface area (Å²) in [5.74, 6) is -1.05. The molecule has 0 N–H and O–H groups in total. The number of hydrogen-bond donors (Lipinski definition) is 0. The van der Waals surface area contributed by atoms with Gasteiger partial charge in [0.1, 0.15) is 13.2 Å². The van der Waals surface area contributed by atoms with Crippen LogP contribution >= 0.6 is 0 Å². The molecule has 6 heteroatoms. The van der Waals surface area contributed by atoms with Crippen molar-refractivity contribution in [1.82, 2.24) is 0 Å². The van der Waals surface area contributed by atoms with Crippen LogP contribution in [0.2, 0.25) is 0 Å². The van der Waals surface area contributed by atoms with Gasteiger partial charge in [0.2, 0.25) is 0 Å². The summed E-state index contributed by atoms with van der Waals surface area (Å²) in [7, 11) is 0. The quantitative estimate of drug-likeness (QED) is 0.0261. The first-order chi connectivity index (χ1) is 37.5. The molecule has 0 amide bonds. The Kier molecular flexibility index (Phi) is 60.8. The number of carbonyl (C=O) groups is 3. The van der Waals surface area contributed by atoms with E-state index in [0.717, 1.165) is 96.3 Å². The van der Waals surface area contributed by atoms with E-state index in [9.17, 15) is 14.4 Å². The van der Waals surface area contributed by atoms with E-state index in [4.69, 9.17) is 14.2 Å². The summed E-state index contributed by atoms with van der Waals surface area (Å²) in [6, 6.07) is 0. The van der Waals surface area contributed by atoms with Crippen molar-refractivity contribution < 1.29 is 28.6 Å². The molecular weight excluding hydrogens is 937 g/mol. The number of carbonyl (C=O) groups excluding carboxylic acids is 3. The zero-order valence-corrected chi connectivity index (χ0v) is 50.0. The lowest BCUT2D eigenvalue weighted by atomic mass is 10.0. The lowest BCUT2D eigenvalue weighted by Gasteiger charge is -2.18. The number of hydrogen-bond acceptors (Lipinski definition) is 6. The van der Waals surface area contributed by atoms with Crippen LogP contribution in [-0.4, -0.2) is 37.2 Å². The van der Waals surface area contributed by atoms with Gasteiger partial charge in [-0.15, -0.1) is 0 Å². The molecule has 76 heavy (non-hydrogen) atoms. The third kappa shape index (κ3) is 61.2. The van der Waals surface area contributed by atoms with Gasteiger partial charge in [0.15, 0.2) is 6.10 Å². The molecule has 1 atom stereocenters. The van der Waals surface area contributed by atoms with Crippen LogP contribution in [0.25, 0.3) is 0 Å². The third-order valence-corrected chi connectivity index (χ3v) is 13.9. The van der Waals surface area contributed by atoms with Crippen molar-refractivity contribution in [3.8, 4) is 0 Å². The van der Waals surface area contributed by atoms with Gasteiger partial charge in [0.25, 0.3) is 0 Å². The van der Waals surface area contributed by atoms with E-state index in [0.29, 0.717) is 12.8 Å².